The Hall–Kier alpha value is -0.960. The van der Waals surface area contributed by atoms with E-state index >= 15 is 0 Å². The van der Waals surface area contributed by atoms with Crippen LogP contribution < -0.4 is 0 Å². The molecule has 2 unspecified atom stereocenters. The van der Waals surface area contributed by atoms with Gasteiger partial charge in [0.15, 0.2) is 11.6 Å². The van der Waals surface area contributed by atoms with Crippen LogP contribution in [0, 0.1) is 23.6 Å². The van der Waals surface area contributed by atoms with Crippen LogP contribution in [0.15, 0.2) is 12.3 Å². The summed E-state index contributed by atoms with van der Waals surface area (Å²) >= 11 is 5.68. The lowest BCUT2D eigenvalue weighted by atomic mass is 9.93. The van der Waals surface area contributed by atoms with E-state index in [1.54, 1.807) is 0 Å². The number of halogens is 2. The molecule has 0 N–H and O–H groups in total. The third-order valence-corrected chi connectivity index (χ3v) is 3.91. The van der Waals surface area contributed by atoms with Crippen LogP contribution in [-0.2, 0) is 0 Å². The first kappa shape index (κ1) is 10.2. The largest absolute Gasteiger partial charge is 0.294 e. The van der Waals surface area contributed by atoms with Crippen molar-refractivity contribution in [2.24, 2.45) is 17.8 Å². The van der Waals surface area contributed by atoms with Crippen LogP contribution in [0.25, 0.3) is 0 Å². The summed E-state index contributed by atoms with van der Waals surface area (Å²) in [6.45, 7) is 0. The summed E-state index contributed by atoms with van der Waals surface area (Å²) in [5.74, 6) is 0.768. The Kier molecular flexibility index (Phi) is 2.25. The SMILES string of the molecule is O=C(c1cc(Cl)ncc1F)C1CC2CC2C1. The minimum atomic E-state index is -0.560. The Morgan fingerprint density at radius 2 is 2.06 bits per heavy atom. The van der Waals surface area contributed by atoms with Gasteiger partial charge in [-0.2, -0.15) is 0 Å². The van der Waals surface area contributed by atoms with Gasteiger partial charge in [-0.25, -0.2) is 9.37 Å². The normalized spacial score (nSPS) is 31.2. The van der Waals surface area contributed by atoms with Crippen molar-refractivity contribution in [1.82, 2.24) is 4.98 Å². The Morgan fingerprint density at radius 3 is 2.75 bits per heavy atom. The highest BCUT2D eigenvalue weighted by molar-refractivity contribution is 6.29. The number of pyridine rings is 1. The third kappa shape index (κ3) is 1.63. The maximum Gasteiger partial charge on any atom is 0.169 e. The zero-order valence-corrected chi connectivity index (χ0v) is 9.38. The predicted octanol–water partition coefficient (Wildman–Crippen LogP) is 3.10. The van der Waals surface area contributed by atoms with Crippen molar-refractivity contribution in [3.8, 4) is 0 Å². The van der Waals surface area contributed by atoms with Crippen molar-refractivity contribution in [1.29, 1.82) is 0 Å². The first-order valence-corrected chi connectivity index (χ1v) is 5.88. The number of Topliss-reactive ketones (excluding diaryl/α,β-unsaturated/α-hetero) is 1. The highest BCUT2D eigenvalue weighted by Gasteiger charge is 2.48. The van der Waals surface area contributed by atoms with Crippen molar-refractivity contribution in [2.75, 3.05) is 0 Å². The summed E-state index contributed by atoms with van der Waals surface area (Å²) in [7, 11) is 0. The van der Waals surface area contributed by atoms with Crippen LogP contribution in [0.2, 0.25) is 5.15 Å². The molecule has 2 saturated carbocycles. The topological polar surface area (TPSA) is 30.0 Å². The standard InChI is InChI=1S/C12H11ClFNO/c13-11-4-9(10(14)5-15-11)12(16)8-2-6-1-7(6)3-8/h4-8H,1-3H2. The molecule has 2 aliphatic rings. The van der Waals surface area contributed by atoms with Gasteiger partial charge in [-0.1, -0.05) is 11.6 Å². The van der Waals surface area contributed by atoms with E-state index in [9.17, 15) is 9.18 Å². The zero-order valence-electron chi connectivity index (χ0n) is 8.62. The minimum Gasteiger partial charge on any atom is -0.294 e. The van der Waals surface area contributed by atoms with E-state index in [0.717, 1.165) is 19.0 Å². The third-order valence-electron chi connectivity index (χ3n) is 3.70. The molecule has 0 bridgehead atoms. The van der Waals surface area contributed by atoms with E-state index in [1.165, 1.54) is 12.5 Å². The molecule has 1 heterocycles. The number of hydrogen-bond donors (Lipinski definition) is 0. The number of hydrogen-bond acceptors (Lipinski definition) is 2. The van der Waals surface area contributed by atoms with Gasteiger partial charge in [0.2, 0.25) is 0 Å². The summed E-state index contributed by atoms with van der Waals surface area (Å²) in [5, 5.41) is 0.174. The molecule has 0 spiro atoms. The van der Waals surface area contributed by atoms with Crippen molar-refractivity contribution in [3.63, 3.8) is 0 Å². The molecular weight excluding hydrogens is 229 g/mol. The Morgan fingerprint density at radius 1 is 1.38 bits per heavy atom. The van der Waals surface area contributed by atoms with Gasteiger partial charge in [-0.3, -0.25) is 4.79 Å². The average Bonchev–Trinajstić information content (AvgIpc) is 2.88. The van der Waals surface area contributed by atoms with E-state index in [-0.39, 0.29) is 22.4 Å². The van der Waals surface area contributed by atoms with Gasteiger partial charge in [0.1, 0.15) is 5.15 Å². The number of carbonyl (C=O) groups excluding carboxylic acids is 1. The van der Waals surface area contributed by atoms with E-state index in [2.05, 4.69) is 4.98 Å². The van der Waals surface area contributed by atoms with Crippen LogP contribution in [0.4, 0.5) is 4.39 Å². The second kappa shape index (κ2) is 3.52. The van der Waals surface area contributed by atoms with Crippen molar-refractivity contribution >= 4 is 17.4 Å². The maximum absolute atomic E-state index is 13.4. The summed E-state index contributed by atoms with van der Waals surface area (Å²) in [4.78, 5) is 15.7. The van der Waals surface area contributed by atoms with Crippen molar-refractivity contribution < 1.29 is 9.18 Å². The highest BCUT2D eigenvalue weighted by Crippen LogP contribution is 2.55. The fraction of sp³-hybridized carbons (Fsp3) is 0.500. The van der Waals surface area contributed by atoms with Gasteiger partial charge in [-0.15, -0.1) is 0 Å². The summed E-state index contributed by atoms with van der Waals surface area (Å²) in [6.07, 6.45) is 4.11. The van der Waals surface area contributed by atoms with E-state index < -0.39 is 5.82 Å². The molecule has 1 aromatic rings. The lowest BCUT2D eigenvalue weighted by Gasteiger charge is -2.10. The zero-order chi connectivity index (χ0) is 11.3. The second-order valence-corrected chi connectivity index (χ2v) is 5.16. The molecule has 1 aromatic heterocycles. The second-order valence-electron chi connectivity index (χ2n) is 4.78. The fourth-order valence-corrected chi connectivity index (χ4v) is 2.91. The van der Waals surface area contributed by atoms with Crippen LogP contribution in [-0.4, -0.2) is 10.8 Å². The maximum atomic E-state index is 13.4. The van der Waals surface area contributed by atoms with Crippen molar-refractivity contribution in [2.45, 2.75) is 19.3 Å². The van der Waals surface area contributed by atoms with Gasteiger partial charge >= 0.3 is 0 Å². The molecule has 2 fully saturated rings. The number of carbonyl (C=O) groups is 1. The van der Waals surface area contributed by atoms with Gasteiger partial charge in [-0.05, 0) is 37.2 Å². The number of ketones is 1. The van der Waals surface area contributed by atoms with E-state index in [1.807, 2.05) is 0 Å². The molecule has 3 rings (SSSR count). The molecule has 2 aliphatic carbocycles. The molecule has 2 atom stereocenters. The molecule has 0 aliphatic heterocycles. The number of rotatable bonds is 2. The molecule has 84 valence electrons. The van der Waals surface area contributed by atoms with Gasteiger partial charge in [0.05, 0.1) is 11.8 Å². The predicted molar refractivity (Wildman–Crippen MR) is 57.9 cm³/mol. The van der Waals surface area contributed by atoms with Crippen LogP contribution >= 0.6 is 11.6 Å². The molecule has 2 nitrogen and oxygen atoms in total. The first-order chi connectivity index (χ1) is 7.65. The Balaban J connectivity index is 1.85. The summed E-state index contributed by atoms with van der Waals surface area (Å²) in [6, 6.07) is 1.34. The molecule has 0 amide bonds. The number of fused-ring (bicyclic) bond motifs is 1. The summed E-state index contributed by atoms with van der Waals surface area (Å²) < 4.78 is 13.4. The van der Waals surface area contributed by atoms with Gasteiger partial charge in [0.25, 0.3) is 0 Å². The number of aromatic nitrogens is 1. The van der Waals surface area contributed by atoms with E-state index in [0.29, 0.717) is 11.8 Å². The van der Waals surface area contributed by atoms with E-state index in [4.69, 9.17) is 11.6 Å². The molecule has 0 radical (unpaired) electrons. The lowest BCUT2D eigenvalue weighted by Crippen LogP contribution is -2.15. The summed E-state index contributed by atoms with van der Waals surface area (Å²) in [5.41, 5.74) is 0.103. The van der Waals surface area contributed by atoms with Crippen LogP contribution in [0.3, 0.4) is 0 Å². The minimum absolute atomic E-state index is 0.00304. The van der Waals surface area contributed by atoms with Gasteiger partial charge < -0.3 is 0 Å². The Bertz CT molecular complexity index is 452. The quantitative estimate of drug-likeness (QED) is 0.586. The Labute approximate surface area is 97.8 Å². The molecule has 0 aromatic carbocycles. The van der Waals surface area contributed by atoms with Crippen molar-refractivity contribution in [3.05, 3.63) is 28.8 Å². The molecular formula is C12H11ClFNO. The first-order valence-electron chi connectivity index (χ1n) is 5.50. The highest BCUT2D eigenvalue weighted by atomic mass is 35.5. The van der Waals surface area contributed by atoms with Gasteiger partial charge in [0, 0.05) is 5.92 Å². The van der Waals surface area contributed by atoms with Crippen LogP contribution in [0.5, 0.6) is 0 Å². The monoisotopic (exact) mass is 239 g/mol. The number of nitrogens with zero attached hydrogens (tertiary/aromatic N) is 1. The fourth-order valence-electron chi connectivity index (χ4n) is 2.75. The molecule has 16 heavy (non-hydrogen) atoms. The average molecular weight is 240 g/mol. The smallest absolute Gasteiger partial charge is 0.169 e. The molecule has 0 saturated heterocycles. The van der Waals surface area contributed by atoms with Crippen LogP contribution in [0.1, 0.15) is 29.6 Å². The molecule has 4 heteroatoms. The lowest BCUT2D eigenvalue weighted by molar-refractivity contribution is 0.0910.